The van der Waals surface area contributed by atoms with Gasteiger partial charge in [-0.2, -0.15) is 5.43 Å². The molecule has 4 aromatic rings. The fourth-order valence-corrected chi connectivity index (χ4v) is 4.71. The van der Waals surface area contributed by atoms with Gasteiger partial charge in [0, 0.05) is 16.7 Å². The third-order valence-corrected chi connectivity index (χ3v) is 6.20. The molecule has 2 unspecified atom stereocenters. The van der Waals surface area contributed by atoms with Crippen molar-refractivity contribution in [1.82, 2.24) is 19.8 Å². The Balaban J connectivity index is 1.58. The normalized spacial score (nSPS) is 19.4. The van der Waals surface area contributed by atoms with Gasteiger partial charge in [-0.05, 0) is 24.3 Å². The zero-order valence-corrected chi connectivity index (χ0v) is 16.8. The van der Waals surface area contributed by atoms with Crippen molar-refractivity contribution < 1.29 is 9.90 Å². The first-order chi connectivity index (χ1) is 15.6. The quantitative estimate of drug-likeness (QED) is 0.484. The molecule has 8 heteroatoms. The minimum Gasteiger partial charge on any atom is -0.373 e. The maximum Gasteiger partial charge on any atom is 0.278 e. The predicted octanol–water partition coefficient (Wildman–Crippen LogP) is 1.86. The number of aliphatic hydroxyl groups is 1. The summed E-state index contributed by atoms with van der Waals surface area (Å²) in [5.41, 5.74) is 4.38. The van der Waals surface area contributed by atoms with Gasteiger partial charge in [0.05, 0.1) is 29.0 Å². The van der Waals surface area contributed by atoms with E-state index in [1.807, 2.05) is 12.1 Å². The number of nitrogens with zero attached hydrogens (tertiary/aromatic N) is 3. The molecule has 0 fully saturated rings. The second-order valence-corrected chi connectivity index (χ2v) is 7.92. The van der Waals surface area contributed by atoms with E-state index in [0.29, 0.717) is 33.2 Å². The average Bonchev–Trinajstić information content (AvgIpc) is 2.84. The van der Waals surface area contributed by atoms with Gasteiger partial charge in [-0.3, -0.25) is 19.4 Å². The first-order valence-corrected chi connectivity index (χ1v) is 10.3. The lowest BCUT2D eigenvalue weighted by molar-refractivity contribution is -0.00626. The van der Waals surface area contributed by atoms with Gasteiger partial charge >= 0.3 is 0 Å². The second-order valence-electron chi connectivity index (χ2n) is 7.92. The number of carbonyl (C=O) groups excluding carboxylic acids is 1. The van der Waals surface area contributed by atoms with Crippen LogP contribution in [0.15, 0.2) is 82.4 Å². The zero-order valence-electron chi connectivity index (χ0n) is 16.8. The predicted molar refractivity (Wildman–Crippen MR) is 117 cm³/mol. The molecule has 0 aliphatic carbocycles. The van der Waals surface area contributed by atoms with Crippen molar-refractivity contribution in [3.05, 3.63) is 110 Å². The number of para-hydroxylation sites is 1. The van der Waals surface area contributed by atoms with Crippen LogP contribution in [-0.4, -0.2) is 25.4 Å². The average molecular weight is 426 g/mol. The summed E-state index contributed by atoms with van der Waals surface area (Å²) >= 11 is 0. The Hall–Kier alpha value is -4.01. The Morgan fingerprint density at radius 1 is 0.781 bits per heavy atom. The van der Waals surface area contributed by atoms with Gasteiger partial charge in [-0.1, -0.05) is 48.5 Å². The zero-order chi connectivity index (χ0) is 22.0. The number of amides is 1. The standard InChI is InChI=1S/C24H18N4O4/c29-21-14-7-1-2-8-15(14)23(31)27(25-21)20-13-26-22(30)16-9-3-4-10-17(16)24(32)28(26)19-12-6-5-11-18(19)20/h1-12,20-21,25,29H,13H2. The van der Waals surface area contributed by atoms with Gasteiger partial charge in [-0.15, -0.1) is 0 Å². The van der Waals surface area contributed by atoms with E-state index < -0.39 is 12.3 Å². The number of aromatic nitrogens is 2. The van der Waals surface area contributed by atoms with Gasteiger partial charge in [0.25, 0.3) is 17.0 Å². The Labute approximate surface area is 181 Å². The van der Waals surface area contributed by atoms with E-state index in [2.05, 4.69) is 5.43 Å². The molecule has 0 spiro atoms. The molecule has 0 bridgehead atoms. The molecule has 0 radical (unpaired) electrons. The molecule has 1 aromatic heterocycles. The molecule has 2 aliphatic rings. The van der Waals surface area contributed by atoms with E-state index in [0.717, 1.165) is 0 Å². The van der Waals surface area contributed by atoms with Crippen LogP contribution in [0.25, 0.3) is 16.5 Å². The number of nitrogens with one attached hydrogen (secondary N) is 1. The van der Waals surface area contributed by atoms with Crippen LogP contribution in [0, 0.1) is 0 Å². The van der Waals surface area contributed by atoms with Crippen LogP contribution in [0.3, 0.4) is 0 Å². The van der Waals surface area contributed by atoms with E-state index in [1.165, 1.54) is 14.4 Å². The molecular formula is C24H18N4O4. The molecular weight excluding hydrogens is 408 g/mol. The summed E-state index contributed by atoms with van der Waals surface area (Å²) in [6, 6.07) is 20.2. The first kappa shape index (κ1) is 18.7. The molecule has 2 N–H and O–H groups in total. The molecule has 1 amide bonds. The summed E-state index contributed by atoms with van der Waals surface area (Å²) < 4.78 is 2.76. The lowest BCUT2D eigenvalue weighted by atomic mass is 9.98. The minimum absolute atomic E-state index is 0.0591. The van der Waals surface area contributed by atoms with Crippen LogP contribution in [0.2, 0.25) is 0 Å². The van der Waals surface area contributed by atoms with Gasteiger partial charge < -0.3 is 5.11 Å². The summed E-state index contributed by atoms with van der Waals surface area (Å²) in [5, 5.41) is 12.7. The van der Waals surface area contributed by atoms with Crippen LogP contribution in [0.4, 0.5) is 0 Å². The summed E-state index contributed by atoms with van der Waals surface area (Å²) in [4.78, 5) is 40.0. The van der Waals surface area contributed by atoms with Crippen molar-refractivity contribution in [3.8, 4) is 5.69 Å². The fourth-order valence-electron chi connectivity index (χ4n) is 4.71. The number of hydrogen-bond acceptors (Lipinski definition) is 5. The monoisotopic (exact) mass is 426 g/mol. The molecule has 158 valence electrons. The van der Waals surface area contributed by atoms with Crippen molar-refractivity contribution >= 4 is 16.7 Å². The van der Waals surface area contributed by atoms with E-state index in [1.54, 1.807) is 60.7 Å². The Kier molecular flexibility index (Phi) is 3.95. The van der Waals surface area contributed by atoms with Crippen molar-refractivity contribution in [2.24, 2.45) is 0 Å². The van der Waals surface area contributed by atoms with E-state index >= 15 is 0 Å². The highest BCUT2D eigenvalue weighted by Gasteiger charge is 2.38. The van der Waals surface area contributed by atoms with Crippen molar-refractivity contribution in [3.63, 3.8) is 0 Å². The molecule has 32 heavy (non-hydrogen) atoms. The number of aliphatic hydroxyl groups excluding tert-OH is 1. The van der Waals surface area contributed by atoms with E-state index in [-0.39, 0.29) is 23.6 Å². The maximum atomic E-state index is 13.3. The van der Waals surface area contributed by atoms with E-state index in [4.69, 9.17) is 0 Å². The number of hydrogen-bond donors (Lipinski definition) is 2. The molecule has 2 atom stereocenters. The Morgan fingerprint density at radius 3 is 2.19 bits per heavy atom. The van der Waals surface area contributed by atoms with Crippen molar-refractivity contribution in [2.45, 2.75) is 18.8 Å². The smallest absolute Gasteiger partial charge is 0.278 e. The summed E-state index contributed by atoms with van der Waals surface area (Å²) in [6.07, 6.45) is -1.08. The minimum atomic E-state index is -1.08. The maximum absolute atomic E-state index is 13.3. The SMILES string of the molecule is O=C1c2ccccc2C(O)NN1C1Cn2c(=O)c3ccccc3c(=O)n2-c2ccccc21. The van der Waals surface area contributed by atoms with Crippen LogP contribution in [0.1, 0.15) is 33.8 Å². The lowest BCUT2D eigenvalue weighted by Gasteiger charge is -2.41. The Morgan fingerprint density at radius 2 is 1.41 bits per heavy atom. The van der Waals surface area contributed by atoms with Crippen LogP contribution < -0.4 is 16.5 Å². The number of fused-ring (bicyclic) bond motifs is 5. The molecule has 0 saturated carbocycles. The summed E-state index contributed by atoms with van der Waals surface area (Å²) in [6.45, 7) is 0.0591. The number of hydrazine groups is 1. The lowest BCUT2D eigenvalue weighted by Crippen LogP contribution is -2.54. The highest BCUT2D eigenvalue weighted by molar-refractivity contribution is 5.96. The molecule has 2 aliphatic heterocycles. The molecule has 3 aromatic carbocycles. The van der Waals surface area contributed by atoms with Crippen molar-refractivity contribution in [1.29, 1.82) is 0 Å². The third-order valence-electron chi connectivity index (χ3n) is 6.20. The van der Waals surface area contributed by atoms with Gasteiger partial charge in [0.15, 0.2) is 0 Å². The van der Waals surface area contributed by atoms with E-state index in [9.17, 15) is 19.5 Å². The molecule has 8 nitrogen and oxygen atoms in total. The molecule has 6 rings (SSSR count). The van der Waals surface area contributed by atoms with Gasteiger partial charge in [-0.25, -0.2) is 9.36 Å². The number of benzene rings is 3. The number of carbonyl (C=O) groups is 1. The molecule has 0 saturated heterocycles. The second kappa shape index (κ2) is 6.74. The van der Waals surface area contributed by atoms with Crippen LogP contribution in [0.5, 0.6) is 0 Å². The Bertz CT molecular complexity index is 1540. The third kappa shape index (κ3) is 2.47. The van der Waals surface area contributed by atoms with Gasteiger partial charge in [0.2, 0.25) is 0 Å². The topological polar surface area (TPSA) is 96.6 Å². The summed E-state index contributed by atoms with van der Waals surface area (Å²) in [5.74, 6) is -0.310. The van der Waals surface area contributed by atoms with Crippen LogP contribution in [-0.2, 0) is 6.54 Å². The number of rotatable bonds is 1. The first-order valence-electron chi connectivity index (χ1n) is 10.3. The van der Waals surface area contributed by atoms with Gasteiger partial charge in [0.1, 0.15) is 6.23 Å². The van der Waals surface area contributed by atoms with Crippen molar-refractivity contribution in [2.75, 3.05) is 0 Å². The highest BCUT2D eigenvalue weighted by Crippen LogP contribution is 2.34. The largest absolute Gasteiger partial charge is 0.373 e. The summed E-state index contributed by atoms with van der Waals surface area (Å²) in [7, 11) is 0. The van der Waals surface area contributed by atoms with Crippen LogP contribution >= 0.6 is 0 Å². The molecule has 3 heterocycles. The highest BCUT2D eigenvalue weighted by atomic mass is 16.3. The fraction of sp³-hybridized carbons (Fsp3) is 0.125.